The number of carbonyl (C=O) groups is 1. The highest BCUT2D eigenvalue weighted by atomic mass is 35.5. The van der Waals surface area contributed by atoms with Gasteiger partial charge in [-0.05, 0) is 50.6 Å². The van der Waals surface area contributed by atoms with Gasteiger partial charge in [0.15, 0.2) is 0 Å². The van der Waals surface area contributed by atoms with Gasteiger partial charge in [0.25, 0.3) is 0 Å². The molecule has 174 valence electrons. The number of piperidine rings is 1. The van der Waals surface area contributed by atoms with Crippen LogP contribution in [0.3, 0.4) is 0 Å². The minimum atomic E-state index is -1.33. The average Bonchev–Trinajstić information content (AvgIpc) is 3.24. The predicted octanol–water partition coefficient (Wildman–Crippen LogP) is 5.30. The fourth-order valence-electron chi connectivity index (χ4n) is 3.82. The molecule has 3 heterocycles. The number of hydrogen-bond acceptors (Lipinski definition) is 5. The summed E-state index contributed by atoms with van der Waals surface area (Å²) in [5.74, 6) is 0. The zero-order chi connectivity index (χ0) is 23.6. The molecule has 1 atom stereocenters. The minimum absolute atomic E-state index is 0.0946. The van der Waals surface area contributed by atoms with Gasteiger partial charge in [-0.25, -0.2) is 9.89 Å². The van der Waals surface area contributed by atoms with Crippen LogP contribution >= 0.6 is 11.6 Å². The number of likely N-dealkylation sites (tertiary alicyclic amines) is 1. The Labute approximate surface area is 201 Å². The SMILES string of the molecule is CC(C)(C)OC(=O)N1CCC([S+]([O-])c2[nH]nc(-c3ccc(Cl)cc3)c2-c2ccncc2)CC1. The van der Waals surface area contributed by atoms with E-state index < -0.39 is 16.8 Å². The third kappa shape index (κ3) is 5.51. The van der Waals surface area contributed by atoms with E-state index in [0.717, 1.165) is 16.7 Å². The van der Waals surface area contributed by atoms with Crippen LogP contribution in [0.4, 0.5) is 4.79 Å². The van der Waals surface area contributed by atoms with Crippen molar-refractivity contribution in [3.8, 4) is 22.4 Å². The van der Waals surface area contributed by atoms with Crippen LogP contribution in [-0.2, 0) is 15.9 Å². The number of nitrogens with one attached hydrogen (secondary N) is 1. The lowest BCUT2D eigenvalue weighted by atomic mass is 10.0. The summed E-state index contributed by atoms with van der Waals surface area (Å²) in [6, 6.07) is 11.2. The summed E-state index contributed by atoms with van der Waals surface area (Å²) in [7, 11) is 0. The Morgan fingerprint density at radius 3 is 2.36 bits per heavy atom. The van der Waals surface area contributed by atoms with E-state index in [1.807, 2.05) is 57.2 Å². The van der Waals surface area contributed by atoms with Crippen molar-refractivity contribution in [2.45, 2.75) is 49.5 Å². The molecule has 9 heteroatoms. The van der Waals surface area contributed by atoms with Crippen molar-refractivity contribution in [3.63, 3.8) is 0 Å². The summed E-state index contributed by atoms with van der Waals surface area (Å²) >= 11 is 4.73. The molecule has 3 aromatic rings. The number of benzene rings is 1. The van der Waals surface area contributed by atoms with Crippen LogP contribution in [0.2, 0.25) is 5.02 Å². The normalized spacial score (nSPS) is 16.0. The molecule has 33 heavy (non-hydrogen) atoms. The number of pyridine rings is 1. The van der Waals surface area contributed by atoms with Crippen molar-refractivity contribution >= 4 is 28.9 Å². The number of halogens is 1. The molecule has 1 saturated heterocycles. The summed E-state index contributed by atoms with van der Waals surface area (Å²) < 4.78 is 19.1. The highest BCUT2D eigenvalue weighted by molar-refractivity contribution is 7.92. The number of amides is 1. The molecule has 7 nitrogen and oxygen atoms in total. The van der Waals surface area contributed by atoms with Gasteiger partial charge in [-0.2, -0.15) is 5.10 Å². The van der Waals surface area contributed by atoms with Crippen molar-refractivity contribution in [1.82, 2.24) is 20.1 Å². The van der Waals surface area contributed by atoms with Gasteiger partial charge < -0.3 is 14.2 Å². The minimum Gasteiger partial charge on any atom is -0.610 e. The molecule has 1 N–H and O–H groups in total. The summed E-state index contributed by atoms with van der Waals surface area (Å²) in [5.41, 5.74) is 2.74. The average molecular weight is 487 g/mol. The second kappa shape index (κ2) is 9.75. The highest BCUT2D eigenvalue weighted by Crippen LogP contribution is 2.38. The molecule has 0 aliphatic carbocycles. The lowest BCUT2D eigenvalue weighted by Crippen LogP contribution is -2.44. The Morgan fingerprint density at radius 1 is 1.12 bits per heavy atom. The maximum atomic E-state index is 13.7. The van der Waals surface area contributed by atoms with Gasteiger partial charge in [-0.3, -0.25) is 4.98 Å². The molecule has 1 amide bonds. The number of nitrogens with zero attached hydrogens (tertiary/aromatic N) is 3. The molecule has 1 unspecified atom stereocenters. The molecule has 0 spiro atoms. The Bertz CT molecular complexity index is 1090. The number of ether oxygens (including phenoxy) is 1. The van der Waals surface area contributed by atoms with Crippen molar-refractivity contribution in [3.05, 3.63) is 53.8 Å². The van der Waals surface area contributed by atoms with Crippen molar-refractivity contribution in [1.29, 1.82) is 0 Å². The lowest BCUT2D eigenvalue weighted by Gasteiger charge is -2.33. The number of aromatic amines is 1. The Balaban J connectivity index is 1.58. The number of aromatic nitrogens is 3. The zero-order valence-corrected chi connectivity index (χ0v) is 20.4. The summed E-state index contributed by atoms with van der Waals surface area (Å²) in [6.45, 7) is 6.57. The van der Waals surface area contributed by atoms with Crippen molar-refractivity contribution in [2.24, 2.45) is 0 Å². The fourth-order valence-corrected chi connectivity index (χ4v) is 5.47. The van der Waals surface area contributed by atoms with Crippen LogP contribution in [0.25, 0.3) is 22.4 Å². The molecule has 4 rings (SSSR count). The molecule has 1 fully saturated rings. The Morgan fingerprint density at radius 2 is 1.76 bits per heavy atom. The second-order valence-electron chi connectivity index (χ2n) is 8.98. The number of hydrogen-bond donors (Lipinski definition) is 1. The van der Waals surface area contributed by atoms with Crippen LogP contribution in [0.15, 0.2) is 53.8 Å². The standard InChI is InChI=1S/C24H27ClN4O3S/c1-24(2,3)32-23(30)29-14-10-19(11-15-29)33(31)22-20(16-8-12-26-13-9-16)21(27-28-22)17-4-6-18(25)7-5-17/h4-9,12-13,19H,10-11,14-15H2,1-3H3,(H,27,28). The lowest BCUT2D eigenvalue weighted by molar-refractivity contribution is 0.0217. The van der Waals surface area contributed by atoms with E-state index in [-0.39, 0.29) is 11.3 Å². The van der Waals surface area contributed by atoms with Crippen molar-refractivity contribution < 1.29 is 14.1 Å². The Hall–Kier alpha value is -2.55. The third-order valence-electron chi connectivity index (χ3n) is 5.42. The van der Waals surface area contributed by atoms with Crippen LogP contribution in [0, 0.1) is 0 Å². The summed E-state index contributed by atoms with van der Waals surface area (Å²) in [5, 5.41) is 8.69. The number of rotatable bonds is 4. The first-order valence-electron chi connectivity index (χ1n) is 10.9. The first kappa shape index (κ1) is 23.6. The smallest absolute Gasteiger partial charge is 0.410 e. The van der Waals surface area contributed by atoms with Gasteiger partial charge in [-0.1, -0.05) is 23.7 Å². The molecule has 0 radical (unpaired) electrons. The maximum Gasteiger partial charge on any atom is 0.410 e. The second-order valence-corrected chi connectivity index (χ2v) is 11.1. The van der Waals surface area contributed by atoms with Crippen LogP contribution in [-0.4, -0.2) is 54.7 Å². The summed E-state index contributed by atoms with van der Waals surface area (Å²) in [4.78, 5) is 18.2. The largest absolute Gasteiger partial charge is 0.610 e. The monoisotopic (exact) mass is 486 g/mol. The van der Waals surface area contributed by atoms with E-state index in [1.54, 1.807) is 17.3 Å². The molecular weight excluding hydrogens is 460 g/mol. The van der Waals surface area contributed by atoms with Crippen LogP contribution in [0.1, 0.15) is 33.6 Å². The number of H-pyrrole nitrogens is 1. The van der Waals surface area contributed by atoms with Gasteiger partial charge in [0.05, 0.1) is 5.56 Å². The van der Waals surface area contributed by atoms with E-state index in [1.165, 1.54) is 0 Å². The molecule has 0 bridgehead atoms. The predicted molar refractivity (Wildman–Crippen MR) is 130 cm³/mol. The fraction of sp³-hybridized carbons (Fsp3) is 0.375. The van der Waals surface area contributed by atoms with Gasteiger partial charge in [-0.15, -0.1) is 0 Å². The van der Waals surface area contributed by atoms with Crippen LogP contribution < -0.4 is 0 Å². The molecular formula is C24H27ClN4O3S. The van der Waals surface area contributed by atoms with E-state index in [9.17, 15) is 9.35 Å². The van der Waals surface area contributed by atoms with Gasteiger partial charge >= 0.3 is 6.09 Å². The highest BCUT2D eigenvalue weighted by Gasteiger charge is 2.36. The zero-order valence-electron chi connectivity index (χ0n) is 18.9. The number of carbonyl (C=O) groups excluding carboxylic acids is 1. The van der Waals surface area contributed by atoms with E-state index in [0.29, 0.717) is 41.7 Å². The van der Waals surface area contributed by atoms with E-state index in [4.69, 9.17) is 16.3 Å². The quantitative estimate of drug-likeness (QED) is 0.505. The summed E-state index contributed by atoms with van der Waals surface area (Å²) in [6.07, 6.45) is 4.34. The first-order valence-corrected chi connectivity index (χ1v) is 12.5. The van der Waals surface area contributed by atoms with Crippen LogP contribution in [0.5, 0.6) is 0 Å². The topological polar surface area (TPSA) is 94.2 Å². The molecule has 1 aliphatic rings. The molecule has 2 aromatic heterocycles. The van der Waals surface area contributed by atoms with E-state index >= 15 is 0 Å². The Kier molecular flexibility index (Phi) is 6.97. The molecule has 1 aromatic carbocycles. The maximum absolute atomic E-state index is 13.7. The van der Waals surface area contributed by atoms with Crippen molar-refractivity contribution in [2.75, 3.05) is 13.1 Å². The third-order valence-corrected chi connectivity index (χ3v) is 7.44. The first-order chi connectivity index (χ1) is 15.7. The van der Waals surface area contributed by atoms with Gasteiger partial charge in [0, 0.05) is 60.1 Å². The van der Waals surface area contributed by atoms with Gasteiger partial charge in [0.2, 0.25) is 5.03 Å². The van der Waals surface area contributed by atoms with Gasteiger partial charge in [0.1, 0.15) is 16.5 Å². The van der Waals surface area contributed by atoms with E-state index in [2.05, 4.69) is 15.2 Å². The molecule has 1 aliphatic heterocycles. The molecule has 0 saturated carbocycles.